The lowest BCUT2D eigenvalue weighted by Gasteiger charge is -2.18. The molecule has 0 aliphatic heterocycles. The maximum absolute atomic E-state index is 9.76. The van der Waals surface area contributed by atoms with Crippen LogP contribution >= 0.6 is 0 Å². The zero-order valence-corrected chi connectivity index (χ0v) is 11.4. The monoisotopic (exact) mass is 253 g/mol. The van der Waals surface area contributed by atoms with Gasteiger partial charge in [-0.15, -0.1) is 0 Å². The fourth-order valence-corrected chi connectivity index (χ4v) is 1.69. The van der Waals surface area contributed by atoms with Crippen LogP contribution in [0.5, 0.6) is 23.0 Å². The van der Waals surface area contributed by atoms with Gasteiger partial charge in [0.05, 0.1) is 30.1 Å². The van der Waals surface area contributed by atoms with Crippen LogP contribution in [0.2, 0.25) is 0 Å². The molecule has 0 unspecified atom stereocenters. The SMILES string of the molecule is CCOc1cc(O)c([Si])c(OCC)c1OCC. The van der Waals surface area contributed by atoms with Crippen molar-refractivity contribution in [2.75, 3.05) is 19.8 Å². The molecule has 0 aliphatic rings. The van der Waals surface area contributed by atoms with Crippen molar-refractivity contribution in [1.29, 1.82) is 0 Å². The molecule has 93 valence electrons. The number of hydrogen-bond donors (Lipinski definition) is 1. The van der Waals surface area contributed by atoms with E-state index in [0.29, 0.717) is 42.3 Å². The zero-order valence-electron chi connectivity index (χ0n) is 10.4. The number of rotatable bonds is 6. The molecular formula is C12H17O4Si. The number of phenolic OH excluding ortho intramolecular Hbond substituents is 1. The molecule has 0 heterocycles. The van der Waals surface area contributed by atoms with Gasteiger partial charge in [-0.1, -0.05) is 0 Å². The lowest BCUT2D eigenvalue weighted by atomic mass is 10.2. The topological polar surface area (TPSA) is 47.9 Å². The van der Waals surface area contributed by atoms with Gasteiger partial charge in [-0.05, 0) is 20.8 Å². The molecular weight excluding hydrogens is 236 g/mol. The van der Waals surface area contributed by atoms with Crippen molar-refractivity contribution in [3.05, 3.63) is 6.07 Å². The van der Waals surface area contributed by atoms with E-state index in [0.717, 1.165) is 0 Å². The fourth-order valence-electron chi connectivity index (χ4n) is 1.43. The van der Waals surface area contributed by atoms with Crippen molar-refractivity contribution in [2.24, 2.45) is 0 Å². The Kier molecular flexibility index (Phi) is 5.15. The molecule has 17 heavy (non-hydrogen) atoms. The summed E-state index contributed by atoms with van der Waals surface area (Å²) in [5, 5.41) is 10.2. The van der Waals surface area contributed by atoms with Crippen LogP contribution in [0.15, 0.2) is 6.07 Å². The summed E-state index contributed by atoms with van der Waals surface area (Å²) in [4.78, 5) is 0. The molecule has 5 heteroatoms. The lowest BCUT2D eigenvalue weighted by Crippen LogP contribution is -2.13. The van der Waals surface area contributed by atoms with Crippen molar-refractivity contribution in [3.8, 4) is 23.0 Å². The summed E-state index contributed by atoms with van der Waals surface area (Å²) in [7, 11) is 3.33. The Morgan fingerprint density at radius 2 is 1.53 bits per heavy atom. The van der Waals surface area contributed by atoms with Crippen LogP contribution in [0.4, 0.5) is 0 Å². The van der Waals surface area contributed by atoms with Gasteiger partial charge in [0, 0.05) is 11.3 Å². The van der Waals surface area contributed by atoms with Gasteiger partial charge in [0.1, 0.15) is 5.75 Å². The van der Waals surface area contributed by atoms with Crippen LogP contribution in [-0.4, -0.2) is 35.2 Å². The standard InChI is InChI=1S/C12H17O4Si/c1-4-14-9-7-8(13)12(17)11(16-6-3)10(9)15-5-2/h7,13H,4-6H2,1-3H3. The Bertz CT molecular complexity index is 379. The minimum absolute atomic E-state index is 0.0667. The third-order valence-corrected chi connectivity index (χ3v) is 2.54. The summed E-state index contributed by atoms with van der Waals surface area (Å²) in [5.74, 6) is 1.53. The second-order valence-corrected chi connectivity index (χ2v) is 3.73. The lowest BCUT2D eigenvalue weighted by molar-refractivity contribution is 0.260. The van der Waals surface area contributed by atoms with Gasteiger partial charge in [-0.2, -0.15) is 0 Å². The van der Waals surface area contributed by atoms with Crippen molar-refractivity contribution in [2.45, 2.75) is 20.8 Å². The molecule has 0 bridgehead atoms. The number of hydrogen-bond acceptors (Lipinski definition) is 4. The van der Waals surface area contributed by atoms with Crippen molar-refractivity contribution in [3.63, 3.8) is 0 Å². The van der Waals surface area contributed by atoms with Gasteiger partial charge in [0.15, 0.2) is 11.5 Å². The van der Waals surface area contributed by atoms with E-state index >= 15 is 0 Å². The van der Waals surface area contributed by atoms with E-state index in [2.05, 4.69) is 10.2 Å². The molecule has 4 nitrogen and oxygen atoms in total. The normalized spacial score (nSPS) is 10.1. The highest BCUT2D eigenvalue weighted by Gasteiger charge is 2.18. The Hall–Kier alpha value is -1.36. The third kappa shape index (κ3) is 3.06. The quantitative estimate of drug-likeness (QED) is 0.778. The average Bonchev–Trinajstić information content (AvgIpc) is 2.30. The Morgan fingerprint density at radius 1 is 1.00 bits per heavy atom. The molecule has 0 amide bonds. The molecule has 0 saturated heterocycles. The molecule has 1 rings (SSSR count). The summed E-state index contributed by atoms with van der Waals surface area (Å²) in [6.45, 7) is 7.08. The number of phenols is 1. The van der Waals surface area contributed by atoms with Gasteiger partial charge in [0.25, 0.3) is 0 Å². The van der Waals surface area contributed by atoms with E-state index < -0.39 is 0 Å². The Morgan fingerprint density at radius 3 is 2.06 bits per heavy atom. The summed E-state index contributed by atoms with van der Waals surface area (Å²) < 4.78 is 16.4. The summed E-state index contributed by atoms with van der Waals surface area (Å²) in [6.07, 6.45) is 0. The first-order chi connectivity index (χ1) is 8.15. The van der Waals surface area contributed by atoms with Crippen LogP contribution in [-0.2, 0) is 0 Å². The first-order valence-electron chi connectivity index (χ1n) is 5.65. The highest BCUT2D eigenvalue weighted by molar-refractivity contribution is 6.36. The van der Waals surface area contributed by atoms with E-state index in [-0.39, 0.29) is 5.75 Å². The van der Waals surface area contributed by atoms with Crippen LogP contribution in [0.3, 0.4) is 0 Å². The average molecular weight is 253 g/mol. The smallest absolute Gasteiger partial charge is 0.203 e. The molecule has 1 N–H and O–H groups in total. The second-order valence-electron chi connectivity index (χ2n) is 3.23. The molecule has 0 saturated carbocycles. The molecule has 1 aromatic rings. The summed E-state index contributed by atoms with van der Waals surface area (Å²) in [5.41, 5.74) is 0. The van der Waals surface area contributed by atoms with Crippen LogP contribution in [0, 0.1) is 0 Å². The summed E-state index contributed by atoms with van der Waals surface area (Å²) >= 11 is 0. The minimum atomic E-state index is 0.0667. The molecule has 0 aromatic heterocycles. The van der Waals surface area contributed by atoms with Crippen molar-refractivity contribution in [1.82, 2.24) is 0 Å². The van der Waals surface area contributed by atoms with Crippen LogP contribution < -0.4 is 19.4 Å². The van der Waals surface area contributed by atoms with Crippen LogP contribution in [0.25, 0.3) is 0 Å². The van der Waals surface area contributed by atoms with Gasteiger partial charge < -0.3 is 19.3 Å². The van der Waals surface area contributed by atoms with Crippen molar-refractivity contribution >= 4 is 15.4 Å². The Balaban J connectivity index is 3.29. The number of benzene rings is 1. The molecule has 0 atom stereocenters. The predicted octanol–water partition coefficient (Wildman–Crippen LogP) is 1.38. The first-order valence-corrected chi connectivity index (χ1v) is 6.15. The summed E-state index contributed by atoms with van der Waals surface area (Å²) in [6, 6.07) is 1.51. The van der Waals surface area contributed by atoms with E-state index in [9.17, 15) is 5.11 Å². The zero-order chi connectivity index (χ0) is 12.8. The maximum atomic E-state index is 9.76. The maximum Gasteiger partial charge on any atom is 0.203 e. The Labute approximate surface area is 105 Å². The highest BCUT2D eigenvalue weighted by Crippen LogP contribution is 2.39. The molecule has 0 spiro atoms. The van der Waals surface area contributed by atoms with E-state index in [1.165, 1.54) is 6.07 Å². The first kappa shape index (κ1) is 13.7. The largest absolute Gasteiger partial charge is 0.508 e. The van der Waals surface area contributed by atoms with Gasteiger partial charge in [-0.3, -0.25) is 0 Å². The van der Waals surface area contributed by atoms with Crippen LogP contribution in [0.1, 0.15) is 20.8 Å². The van der Waals surface area contributed by atoms with E-state index in [1.807, 2.05) is 20.8 Å². The third-order valence-electron chi connectivity index (χ3n) is 2.06. The second kappa shape index (κ2) is 6.39. The van der Waals surface area contributed by atoms with E-state index in [4.69, 9.17) is 14.2 Å². The number of aromatic hydroxyl groups is 1. The van der Waals surface area contributed by atoms with Gasteiger partial charge in [0.2, 0.25) is 5.75 Å². The molecule has 0 aliphatic carbocycles. The highest BCUT2D eigenvalue weighted by atomic mass is 28.1. The molecule has 1 aromatic carbocycles. The molecule has 0 fully saturated rings. The number of ether oxygens (including phenoxy) is 3. The van der Waals surface area contributed by atoms with Gasteiger partial charge in [-0.25, -0.2) is 0 Å². The van der Waals surface area contributed by atoms with E-state index in [1.54, 1.807) is 0 Å². The van der Waals surface area contributed by atoms with Crippen molar-refractivity contribution < 1.29 is 19.3 Å². The minimum Gasteiger partial charge on any atom is -0.508 e. The predicted molar refractivity (Wildman–Crippen MR) is 67.0 cm³/mol. The van der Waals surface area contributed by atoms with Gasteiger partial charge >= 0.3 is 0 Å². The molecule has 3 radical (unpaired) electrons. The fraction of sp³-hybridized carbons (Fsp3) is 0.500.